The summed E-state index contributed by atoms with van der Waals surface area (Å²) in [5.74, 6) is 2.74. The molecule has 0 aliphatic carbocycles. The van der Waals surface area contributed by atoms with Crippen LogP contribution in [0.3, 0.4) is 0 Å². The van der Waals surface area contributed by atoms with Crippen molar-refractivity contribution in [2.45, 2.75) is 119 Å². The molecule has 5 heteroatoms. The normalized spacial score (nSPS) is 12.0. The van der Waals surface area contributed by atoms with E-state index >= 15 is 0 Å². The maximum Gasteiger partial charge on any atom is 0.179 e. The first-order chi connectivity index (χ1) is 51.8. The molecule has 0 radical (unpaired) electrons. The highest BCUT2D eigenvalue weighted by atomic mass is 35.5. The summed E-state index contributed by atoms with van der Waals surface area (Å²) in [6, 6.07) is 124. The molecule has 0 heterocycles. The second kappa shape index (κ2) is 31.8. The fraction of sp³-hybridized carbons (Fsp3) is 0.176. The fourth-order valence-electron chi connectivity index (χ4n) is 16.1. The van der Waals surface area contributed by atoms with Gasteiger partial charge in [0.1, 0.15) is 0 Å². The SMILES string of the molecule is CC(C)c1ccc([Si](c2ccc(Nc3cccc(-c4cccc([Si](c5ccc(C(C)C)cc5)(c5ccc(C(C)C)cc5)c5ccc(C(C)C)cc5)c4)c3)cc2)(c2ccc(C(C)C)cc2)c2ccc(C(C)C)cc2)cc1.Clc1ccc(-c2cc3c4ccccc4c(-c4ccc(Cl)cc4)cc3c3ccccc23)cc1. The first-order valence-electron chi connectivity index (χ1n) is 38.4. The van der Waals surface area contributed by atoms with Crippen molar-refractivity contribution in [3.8, 4) is 33.4 Å². The molecule has 0 atom stereocenters. The van der Waals surface area contributed by atoms with E-state index in [2.05, 4.69) is 392 Å². The average Bonchev–Trinajstić information content (AvgIpc) is 0.739. The van der Waals surface area contributed by atoms with Crippen molar-refractivity contribution in [2.24, 2.45) is 0 Å². The van der Waals surface area contributed by atoms with Crippen LogP contribution in [0.5, 0.6) is 0 Å². The molecule has 107 heavy (non-hydrogen) atoms. The first kappa shape index (κ1) is 73.8. The van der Waals surface area contributed by atoms with E-state index < -0.39 is 16.1 Å². The number of anilines is 2. The summed E-state index contributed by atoms with van der Waals surface area (Å²) in [6.07, 6.45) is 0. The van der Waals surface area contributed by atoms with Crippen molar-refractivity contribution in [3.05, 3.63) is 371 Å². The lowest BCUT2D eigenvalue weighted by Gasteiger charge is -2.35. The molecule has 0 amide bonds. The van der Waals surface area contributed by atoms with Gasteiger partial charge < -0.3 is 5.32 Å². The minimum absolute atomic E-state index is 0.455. The highest BCUT2D eigenvalue weighted by Gasteiger charge is 2.43. The third-order valence-corrected chi connectivity index (χ3v) is 32.4. The van der Waals surface area contributed by atoms with Gasteiger partial charge in [0.2, 0.25) is 0 Å². The van der Waals surface area contributed by atoms with Gasteiger partial charge in [0.25, 0.3) is 0 Å². The summed E-state index contributed by atoms with van der Waals surface area (Å²) >= 11 is 12.3. The van der Waals surface area contributed by atoms with Gasteiger partial charge in [-0.3, -0.25) is 0 Å². The van der Waals surface area contributed by atoms with Crippen molar-refractivity contribution in [1.82, 2.24) is 0 Å². The molecule has 0 unspecified atom stereocenters. The van der Waals surface area contributed by atoms with E-state index in [4.69, 9.17) is 23.2 Å². The van der Waals surface area contributed by atoms with Crippen LogP contribution in [0.4, 0.5) is 11.4 Å². The monoisotopic (exact) mass is 1460 g/mol. The molecule has 532 valence electrons. The standard InChI is InChI=1S/C72H79NSi2.C30H18Cl2/c1-49(2)55-19-33-65(34-20-55)74(66-35-21-56(22-36-66)50(3)4,67-37-23-57(24-38-67)51(5)6)71-45-31-63(32-46-71)73-64-17-13-15-61(47-64)62-16-14-18-72(48-62)75(68-39-25-58(26-40-68)52(7)8,69-41-27-59(28-42-69)53(9)10)70-43-29-60(30-44-70)54(11)12;31-21-13-9-19(10-14-21)27-17-30-26-8-4-2-6-24(26)28(20-11-15-22(32)16-12-20)18-29(30)25-7-3-1-5-23(25)27/h13-54,73H,1-12H3;1-18H. The van der Waals surface area contributed by atoms with Crippen LogP contribution in [0.25, 0.3) is 65.7 Å². The molecule has 0 aromatic heterocycles. The smallest absolute Gasteiger partial charge is 0.179 e. The molecule has 1 nitrogen and oxygen atoms in total. The predicted molar refractivity (Wildman–Crippen MR) is 473 cm³/mol. The van der Waals surface area contributed by atoms with Crippen LogP contribution in [0.15, 0.2) is 328 Å². The maximum atomic E-state index is 6.17. The molecule has 0 spiro atoms. The summed E-state index contributed by atoms with van der Waals surface area (Å²) in [7, 11) is -5.63. The van der Waals surface area contributed by atoms with E-state index in [-0.39, 0.29) is 0 Å². The zero-order valence-electron chi connectivity index (χ0n) is 63.9. The third-order valence-electron chi connectivity index (χ3n) is 22.4. The third kappa shape index (κ3) is 14.9. The van der Waals surface area contributed by atoms with Crippen LogP contribution in [0.1, 0.15) is 152 Å². The first-order valence-corrected chi connectivity index (χ1v) is 43.1. The molecule has 0 aliphatic heterocycles. The number of rotatable bonds is 19. The van der Waals surface area contributed by atoms with E-state index in [1.165, 1.54) is 141 Å². The van der Waals surface area contributed by atoms with Crippen molar-refractivity contribution < 1.29 is 0 Å². The number of fused-ring (bicyclic) bond motifs is 5. The van der Waals surface area contributed by atoms with E-state index in [0.717, 1.165) is 21.4 Å². The minimum atomic E-state index is -2.84. The van der Waals surface area contributed by atoms with Crippen molar-refractivity contribution >= 4 is 125 Å². The zero-order chi connectivity index (χ0) is 74.7. The number of nitrogens with one attached hydrogen (secondary N) is 1. The minimum Gasteiger partial charge on any atom is -0.356 e. The lowest BCUT2D eigenvalue weighted by molar-refractivity contribution is 0.867. The van der Waals surface area contributed by atoms with Crippen LogP contribution < -0.4 is 46.8 Å². The molecular weight excluding hydrogens is 1370 g/mol. The maximum absolute atomic E-state index is 6.17. The summed E-state index contributed by atoms with van der Waals surface area (Å²) < 4.78 is 0. The lowest BCUT2D eigenvalue weighted by Crippen LogP contribution is -2.74. The number of hydrogen-bond donors (Lipinski definition) is 1. The van der Waals surface area contributed by atoms with E-state index in [1.807, 2.05) is 24.3 Å². The Bertz CT molecular complexity index is 5190. The quantitative estimate of drug-likeness (QED) is 0.0483. The second-order valence-corrected chi connectivity index (χ2v) is 39.6. The molecule has 0 bridgehead atoms. The van der Waals surface area contributed by atoms with Gasteiger partial charge in [0, 0.05) is 21.4 Å². The highest BCUT2D eigenvalue weighted by Crippen LogP contribution is 2.42. The van der Waals surface area contributed by atoms with Crippen LogP contribution in [0.2, 0.25) is 10.0 Å². The summed E-state index contributed by atoms with van der Waals surface area (Å²) in [5, 5.41) is 24.0. The highest BCUT2D eigenvalue weighted by molar-refractivity contribution is 7.20. The Labute approximate surface area is 648 Å². The van der Waals surface area contributed by atoms with Crippen molar-refractivity contribution in [1.29, 1.82) is 0 Å². The Morgan fingerprint density at radius 3 is 0.785 bits per heavy atom. The van der Waals surface area contributed by atoms with Gasteiger partial charge in [0.05, 0.1) is 0 Å². The Morgan fingerprint density at radius 1 is 0.206 bits per heavy atom. The van der Waals surface area contributed by atoms with Gasteiger partial charge in [0.15, 0.2) is 16.1 Å². The molecule has 15 rings (SSSR count). The van der Waals surface area contributed by atoms with Crippen LogP contribution >= 0.6 is 23.2 Å². The van der Waals surface area contributed by atoms with E-state index in [0.29, 0.717) is 35.5 Å². The molecule has 15 aromatic rings. The summed E-state index contributed by atoms with van der Waals surface area (Å²) in [6.45, 7) is 27.5. The average molecular weight is 1460 g/mol. The molecule has 1 N–H and O–H groups in total. The van der Waals surface area contributed by atoms with Crippen molar-refractivity contribution in [2.75, 3.05) is 5.32 Å². The second-order valence-electron chi connectivity index (χ2n) is 31.1. The Kier molecular flexibility index (Phi) is 21.9. The van der Waals surface area contributed by atoms with Crippen LogP contribution in [-0.2, 0) is 0 Å². The Morgan fingerprint density at radius 2 is 0.477 bits per heavy atom. The topological polar surface area (TPSA) is 12.0 Å². The zero-order valence-corrected chi connectivity index (χ0v) is 67.4. The number of halogens is 2. The predicted octanol–water partition coefficient (Wildman–Crippen LogP) is 24.4. The van der Waals surface area contributed by atoms with Gasteiger partial charge in [-0.2, -0.15) is 0 Å². The molecule has 0 fully saturated rings. The van der Waals surface area contributed by atoms with Gasteiger partial charge in [-0.25, -0.2) is 0 Å². The van der Waals surface area contributed by atoms with Gasteiger partial charge >= 0.3 is 0 Å². The van der Waals surface area contributed by atoms with Crippen molar-refractivity contribution in [3.63, 3.8) is 0 Å². The molecule has 0 aliphatic rings. The lowest BCUT2D eigenvalue weighted by atomic mass is 9.88. The number of benzene rings is 15. The molecule has 0 saturated heterocycles. The summed E-state index contributed by atoms with van der Waals surface area (Å²) in [4.78, 5) is 0. The van der Waals surface area contributed by atoms with Crippen LogP contribution in [0, 0.1) is 0 Å². The fourth-order valence-corrected chi connectivity index (χ4v) is 25.7. The van der Waals surface area contributed by atoms with Gasteiger partial charge in [-0.1, -0.05) is 373 Å². The van der Waals surface area contributed by atoms with E-state index in [9.17, 15) is 0 Å². The van der Waals surface area contributed by atoms with Gasteiger partial charge in [-0.05, 0) is 237 Å². The Balaban J connectivity index is 0.000000247. The largest absolute Gasteiger partial charge is 0.356 e. The van der Waals surface area contributed by atoms with E-state index in [1.54, 1.807) is 0 Å². The van der Waals surface area contributed by atoms with Crippen LogP contribution in [-0.4, -0.2) is 16.1 Å². The Hall–Kier alpha value is -10.1. The molecule has 15 aromatic carbocycles. The number of hydrogen-bond acceptors (Lipinski definition) is 1. The summed E-state index contributed by atoms with van der Waals surface area (Å²) in [5.41, 5.74) is 17.5. The molecule has 0 saturated carbocycles. The van der Waals surface area contributed by atoms with Gasteiger partial charge in [-0.15, -0.1) is 0 Å². The molecular formula is C102H97Cl2NSi2.